The van der Waals surface area contributed by atoms with Crippen LogP contribution in [-0.4, -0.2) is 23.6 Å². The van der Waals surface area contributed by atoms with E-state index >= 15 is 0 Å². The van der Waals surface area contributed by atoms with Gasteiger partial charge in [-0.05, 0) is 24.3 Å². The molecule has 0 atom stereocenters. The van der Waals surface area contributed by atoms with Gasteiger partial charge in [0.15, 0.2) is 4.80 Å². The van der Waals surface area contributed by atoms with Gasteiger partial charge in [-0.2, -0.15) is 4.99 Å². The van der Waals surface area contributed by atoms with E-state index in [-0.39, 0.29) is 12.1 Å². The van der Waals surface area contributed by atoms with Crippen molar-refractivity contribution in [2.24, 2.45) is 4.99 Å². The van der Waals surface area contributed by atoms with E-state index < -0.39 is 17.7 Å². The van der Waals surface area contributed by atoms with Crippen LogP contribution in [0.3, 0.4) is 0 Å². The molecule has 0 saturated carbocycles. The fourth-order valence-corrected chi connectivity index (χ4v) is 3.26. The molecule has 1 amide bonds. The lowest BCUT2D eigenvalue weighted by molar-refractivity contribution is -0.141. The Morgan fingerprint density at radius 2 is 1.88 bits per heavy atom. The molecular formula is C17H13FN2O3S. The zero-order chi connectivity index (χ0) is 17.1. The maximum atomic E-state index is 13.8. The number of amides is 1. The Hall–Kier alpha value is -2.80. The van der Waals surface area contributed by atoms with Gasteiger partial charge in [0.1, 0.15) is 12.4 Å². The third kappa shape index (κ3) is 3.11. The van der Waals surface area contributed by atoms with Gasteiger partial charge in [-0.1, -0.05) is 35.6 Å². The molecule has 0 fully saturated rings. The second-order valence-electron chi connectivity index (χ2n) is 4.91. The highest BCUT2D eigenvalue weighted by Gasteiger charge is 2.13. The summed E-state index contributed by atoms with van der Waals surface area (Å²) in [5.41, 5.74) is 0.646. The summed E-state index contributed by atoms with van der Waals surface area (Å²) in [5.74, 6) is -1.79. The van der Waals surface area contributed by atoms with E-state index in [9.17, 15) is 14.0 Å². The van der Waals surface area contributed by atoms with Gasteiger partial charge < -0.3 is 9.30 Å². The molecule has 0 N–H and O–H groups in total. The number of hydrogen-bond acceptors (Lipinski definition) is 4. The number of fused-ring (bicyclic) bond motifs is 1. The SMILES string of the molecule is COC(=O)Cn1c(=NC(=O)c2ccccc2F)sc2ccccc21. The van der Waals surface area contributed by atoms with Gasteiger partial charge in [0.2, 0.25) is 0 Å². The smallest absolute Gasteiger partial charge is 0.325 e. The Labute approximate surface area is 140 Å². The number of carbonyl (C=O) groups is 2. The fraction of sp³-hybridized carbons (Fsp3) is 0.118. The van der Waals surface area contributed by atoms with Crippen molar-refractivity contribution in [1.82, 2.24) is 4.57 Å². The lowest BCUT2D eigenvalue weighted by atomic mass is 10.2. The van der Waals surface area contributed by atoms with E-state index in [4.69, 9.17) is 4.74 Å². The highest BCUT2D eigenvalue weighted by Crippen LogP contribution is 2.17. The lowest BCUT2D eigenvalue weighted by Crippen LogP contribution is -2.22. The van der Waals surface area contributed by atoms with Crippen molar-refractivity contribution < 1.29 is 18.7 Å². The largest absolute Gasteiger partial charge is 0.468 e. The molecule has 0 unspecified atom stereocenters. The number of halogens is 1. The average Bonchev–Trinajstić information content (AvgIpc) is 2.92. The van der Waals surface area contributed by atoms with Crippen LogP contribution in [0.2, 0.25) is 0 Å². The Morgan fingerprint density at radius 3 is 2.62 bits per heavy atom. The molecule has 5 nitrogen and oxygen atoms in total. The third-order valence-corrected chi connectivity index (χ3v) is 4.46. The van der Waals surface area contributed by atoms with Crippen molar-refractivity contribution in [2.75, 3.05) is 7.11 Å². The molecule has 0 aliphatic heterocycles. The molecule has 0 aliphatic rings. The van der Waals surface area contributed by atoms with E-state index in [1.165, 1.54) is 36.6 Å². The minimum Gasteiger partial charge on any atom is -0.468 e. The van der Waals surface area contributed by atoms with Crippen molar-refractivity contribution >= 4 is 33.4 Å². The number of nitrogens with zero attached hydrogens (tertiary/aromatic N) is 2. The van der Waals surface area contributed by atoms with E-state index in [1.807, 2.05) is 24.3 Å². The fourth-order valence-electron chi connectivity index (χ4n) is 2.23. The van der Waals surface area contributed by atoms with Crippen LogP contribution < -0.4 is 4.80 Å². The zero-order valence-corrected chi connectivity index (χ0v) is 13.5. The third-order valence-electron chi connectivity index (χ3n) is 3.40. The summed E-state index contributed by atoms with van der Waals surface area (Å²) in [6, 6.07) is 13.0. The van der Waals surface area contributed by atoms with Crippen molar-refractivity contribution in [3.05, 3.63) is 64.7 Å². The summed E-state index contributed by atoms with van der Waals surface area (Å²) in [5, 5.41) is 0. The summed E-state index contributed by atoms with van der Waals surface area (Å²) in [7, 11) is 1.29. The first-order valence-corrected chi connectivity index (χ1v) is 7.90. The van der Waals surface area contributed by atoms with Crippen LogP contribution in [0.15, 0.2) is 53.5 Å². The number of aromatic nitrogens is 1. The van der Waals surface area contributed by atoms with Crippen LogP contribution in [-0.2, 0) is 16.1 Å². The minimum absolute atomic E-state index is 0.0795. The Morgan fingerprint density at radius 1 is 1.17 bits per heavy atom. The van der Waals surface area contributed by atoms with Crippen LogP contribution in [0, 0.1) is 5.82 Å². The number of para-hydroxylation sites is 1. The standard InChI is InChI=1S/C17H13FN2O3S/c1-23-15(21)10-20-13-8-4-5-9-14(13)24-17(20)19-16(22)11-6-2-3-7-12(11)18/h2-9H,10H2,1H3. The number of ether oxygens (including phenoxy) is 1. The number of esters is 1. The number of methoxy groups -OCH3 is 1. The second kappa shape index (κ2) is 6.76. The van der Waals surface area contributed by atoms with Crippen LogP contribution in [0.1, 0.15) is 10.4 Å². The molecule has 0 saturated heterocycles. The van der Waals surface area contributed by atoms with Gasteiger partial charge in [-0.3, -0.25) is 9.59 Å². The molecule has 0 bridgehead atoms. The number of carbonyl (C=O) groups excluding carboxylic acids is 2. The molecule has 24 heavy (non-hydrogen) atoms. The molecule has 2 aromatic carbocycles. The second-order valence-corrected chi connectivity index (χ2v) is 5.92. The van der Waals surface area contributed by atoms with E-state index in [0.717, 1.165) is 10.2 Å². The topological polar surface area (TPSA) is 60.7 Å². The molecule has 1 aromatic heterocycles. The first-order chi connectivity index (χ1) is 11.6. The maximum Gasteiger partial charge on any atom is 0.325 e. The number of hydrogen-bond donors (Lipinski definition) is 0. The summed E-state index contributed by atoms with van der Waals surface area (Å²) in [6.45, 7) is -0.0795. The predicted molar refractivity (Wildman–Crippen MR) is 88.1 cm³/mol. The molecule has 0 aliphatic carbocycles. The molecule has 1 heterocycles. The van der Waals surface area contributed by atoms with Gasteiger partial charge >= 0.3 is 5.97 Å². The lowest BCUT2D eigenvalue weighted by Gasteiger charge is -2.03. The summed E-state index contributed by atoms with van der Waals surface area (Å²) in [4.78, 5) is 28.3. The number of rotatable bonds is 3. The maximum absolute atomic E-state index is 13.8. The zero-order valence-electron chi connectivity index (χ0n) is 12.7. The summed E-state index contributed by atoms with van der Waals surface area (Å²) >= 11 is 1.25. The molecule has 0 spiro atoms. The average molecular weight is 344 g/mol. The molecule has 122 valence electrons. The molecule has 0 radical (unpaired) electrons. The van der Waals surface area contributed by atoms with Gasteiger partial charge in [-0.15, -0.1) is 0 Å². The van der Waals surface area contributed by atoms with Crippen molar-refractivity contribution in [3.8, 4) is 0 Å². The van der Waals surface area contributed by atoms with Crippen molar-refractivity contribution in [1.29, 1.82) is 0 Å². The Kier molecular flexibility index (Phi) is 4.52. The van der Waals surface area contributed by atoms with Gasteiger partial charge in [0.25, 0.3) is 5.91 Å². The quantitative estimate of drug-likeness (QED) is 0.687. The summed E-state index contributed by atoms with van der Waals surface area (Å²) in [6.07, 6.45) is 0. The minimum atomic E-state index is -0.696. The number of thiazole rings is 1. The van der Waals surface area contributed by atoms with Crippen LogP contribution in [0.25, 0.3) is 10.2 Å². The highest BCUT2D eigenvalue weighted by atomic mass is 32.1. The Bertz CT molecular complexity index is 991. The first-order valence-electron chi connectivity index (χ1n) is 7.09. The van der Waals surface area contributed by atoms with Gasteiger partial charge in [0.05, 0.1) is 22.9 Å². The molecule has 3 aromatic rings. The van der Waals surface area contributed by atoms with Crippen molar-refractivity contribution in [2.45, 2.75) is 6.54 Å². The van der Waals surface area contributed by atoms with Crippen LogP contribution in [0.5, 0.6) is 0 Å². The normalized spacial score (nSPS) is 11.7. The molecule has 3 rings (SSSR count). The summed E-state index contributed by atoms with van der Waals surface area (Å²) < 4.78 is 20.9. The molecule has 7 heteroatoms. The first kappa shape index (κ1) is 16.1. The van der Waals surface area contributed by atoms with Crippen molar-refractivity contribution in [3.63, 3.8) is 0 Å². The van der Waals surface area contributed by atoms with Crippen LogP contribution in [0.4, 0.5) is 4.39 Å². The highest BCUT2D eigenvalue weighted by molar-refractivity contribution is 7.16. The molecular weight excluding hydrogens is 331 g/mol. The Balaban J connectivity index is 2.14. The van der Waals surface area contributed by atoms with Gasteiger partial charge in [-0.25, -0.2) is 4.39 Å². The van der Waals surface area contributed by atoms with Gasteiger partial charge in [0, 0.05) is 0 Å². The predicted octanol–water partition coefficient (Wildman–Crippen LogP) is 2.76. The number of benzene rings is 2. The van der Waals surface area contributed by atoms with E-state index in [2.05, 4.69) is 4.99 Å². The van der Waals surface area contributed by atoms with E-state index in [1.54, 1.807) is 10.6 Å². The van der Waals surface area contributed by atoms with Crippen LogP contribution >= 0.6 is 11.3 Å². The monoisotopic (exact) mass is 344 g/mol. The van der Waals surface area contributed by atoms with E-state index in [0.29, 0.717) is 4.80 Å².